The summed E-state index contributed by atoms with van der Waals surface area (Å²) < 4.78 is 6.07. The number of hydrogen-bond donors (Lipinski definition) is 1. The van der Waals surface area contributed by atoms with Gasteiger partial charge in [0.05, 0.1) is 12.7 Å². The maximum absolute atomic E-state index is 12.4. The van der Waals surface area contributed by atoms with Gasteiger partial charge in [-0.25, -0.2) is 0 Å². The molecular weight excluding hydrogens is 379 g/mol. The predicted molar refractivity (Wildman–Crippen MR) is 86.0 cm³/mol. The zero-order valence-electron chi connectivity index (χ0n) is 10.8. The average molecular weight is 397 g/mol. The highest BCUT2D eigenvalue weighted by Crippen LogP contribution is 2.23. The third-order valence-electron chi connectivity index (χ3n) is 3.31. The summed E-state index contributed by atoms with van der Waals surface area (Å²) in [6, 6.07) is 5.54. The highest BCUT2D eigenvalue weighted by molar-refractivity contribution is 14.1. The molecular formula is C13H18ClIN2O2. The SMILES string of the molecule is COc1ccc(C(=O)N2CCC(CN)C2)c(I)c1.Cl. The number of nitrogens with zero attached hydrogens (tertiary/aromatic N) is 1. The van der Waals surface area contributed by atoms with Crippen molar-refractivity contribution >= 4 is 40.9 Å². The number of carbonyl (C=O) groups is 1. The maximum atomic E-state index is 12.4. The smallest absolute Gasteiger partial charge is 0.254 e. The van der Waals surface area contributed by atoms with Gasteiger partial charge in [-0.2, -0.15) is 0 Å². The molecule has 0 bridgehead atoms. The van der Waals surface area contributed by atoms with Gasteiger partial charge in [0.2, 0.25) is 0 Å². The second-order valence-corrected chi connectivity index (χ2v) is 5.65. The Balaban J connectivity index is 0.00000180. The quantitative estimate of drug-likeness (QED) is 0.797. The maximum Gasteiger partial charge on any atom is 0.254 e. The van der Waals surface area contributed by atoms with Crippen LogP contribution < -0.4 is 10.5 Å². The molecule has 1 unspecified atom stereocenters. The number of rotatable bonds is 3. The molecule has 19 heavy (non-hydrogen) atoms. The number of benzene rings is 1. The van der Waals surface area contributed by atoms with E-state index in [2.05, 4.69) is 22.6 Å². The lowest BCUT2D eigenvalue weighted by Gasteiger charge is -2.17. The first-order valence-corrected chi connectivity index (χ1v) is 7.06. The third-order valence-corrected chi connectivity index (χ3v) is 4.21. The number of halogens is 2. The van der Waals surface area contributed by atoms with E-state index < -0.39 is 0 Å². The van der Waals surface area contributed by atoms with Gasteiger partial charge < -0.3 is 15.4 Å². The minimum atomic E-state index is 0. The fourth-order valence-electron chi connectivity index (χ4n) is 2.18. The molecule has 106 valence electrons. The zero-order chi connectivity index (χ0) is 13.1. The lowest BCUT2D eigenvalue weighted by molar-refractivity contribution is 0.0786. The van der Waals surface area contributed by atoms with Crippen molar-refractivity contribution in [2.45, 2.75) is 6.42 Å². The van der Waals surface area contributed by atoms with Gasteiger partial charge in [0.15, 0.2) is 0 Å². The van der Waals surface area contributed by atoms with Crippen molar-refractivity contribution in [2.24, 2.45) is 11.7 Å². The van der Waals surface area contributed by atoms with Crippen LogP contribution in [0.5, 0.6) is 5.75 Å². The normalized spacial score (nSPS) is 18.1. The first-order chi connectivity index (χ1) is 8.65. The molecule has 1 aromatic rings. The molecule has 0 radical (unpaired) electrons. The Kier molecular flexibility index (Phi) is 6.35. The van der Waals surface area contributed by atoms with Crippen molar-refractivity contribution in [1.29, 1.82) is 0 Å². The Morgan fingerprint density at radius 2 is 2.32 bits per heavy atom. The van der Waals surface area contributed by atoms with Crippen LogP contribution >= 0.6 is 35.0 Å². The van der Waals surface area contributed by atoms with E-state index in [9.17, 15) is 4.79 Å². The number of nitrogens with two attached hydrogens (primary N) is 1. The summed E-state index contributed by atoms with van der Waals surface area (Å²) in [7, 11) is 1.62. The summed E-state index contributed by atoms with van der Waals surface area (Å²) in [5.74, 6) is 1.32. The van der Waals surface area contributed by atoms with Crippen molar-refractivity contribution in [3.05, 3.63) is 27.3 Å². The van der Waals surface area contributed by atoms with Crippen LogP contribution in [0.3, 0.4) is 0 Å². The molecule has 1 amide bonds. The molecule has 1 atom stereocenters. The van der Waals surface area contributed by atoms with E-state index in [1.54, 1.807) is 7.11 Å². The average Bonchev–Trinajstić information content (AvgIpc) is 2.86. The van der Waals surface area contributed by atoms with Gasteiger partial charge in [0.1, 0.15) is 5.75 Å². The van der Waals surface area contributed by atoms with Crippen LogP contribution in [-0.4, -0.2) is 37.6 Å². The summed E-state index contributed by atoms with van der Waals surface area (Å²) in [4.78, 5) is 14.3. The molecule has 1 aliphatic rings. The van der Waals surface area contributed by atoms with E-state index in [1.807, 2.05) is 23.1 Å². The minimum absolute atomic E-state index is 0. The van der Waals surface area contributed by atoms with Crippen molar-refractivity contribution in [1.82, 2.24) is 4.90 Å². The van der Waals surface area contributed by atoms with Gasteiger partial charge in [-0.3, -0.25) is 4.79 Å². The van der Waals surface area contributed by atoms with Crippen molar-refractivity contribution in [3.63, 3.8) is 0 Å². The van der Waals surface area contributed by atoms with Crippen molar-refractivity contribution < 1.29 is 9.53 Å². The molecule has 2 rings (SSSR count). The Morgan fingerprint density at radius 1 is 1.58 bits per heavy atom. The highest BCUT2D eigenvalue weighted by Gasteiger charge is 2.26. The Hall–Kier alpha value is -0.530. The monoisotopic (exact) mass is 396 g/mol. The molecule has 2 N–H and O–H groups in total. The molecule has 1 aliphatic heterocycles. The van der Waals surface area contributed by atoms with Gasteiger partial charge in [0.25, 0.3) is 5.91 Å². The number of methoxy groups -OCH3 is 1. The molecule has 0 spiro atoms. The molecule has 1 saturated heterocycles. The van der Waals surface area contributed by atoms with Gasteiger partial charge >= 0.3 is 0 Å². The second-order valence-electron chi connectivity index (χ2n) is 4.49. The summed E-state index contributed by atoms with van der Waals surface area (Å²) >= 11 is 2.17. The van der Waals surface area contributed by atoms with E-state index >= 15 is 0 Å². The lowest BCUT2D eigenvalue weighted by Crippen LogP contribution is -2.30. The van der Waals surface area contributed by atoms with Crippen LogP contribution in [0.25, 0.3) is 0 Å². The summed E-state index contributed by atoms with van der Waals surface area (Å²) in [5.41, 5.74) is 6.39. The number of hydrogen-bond acceptors (Lipinski definition) is 3. The van der Waals surface area contributed by atoms with E-state index in [0.29, 0.717) is 12.5 Å². The summed E-state index contributed by atoms with van der Waals surface area (Å²) in [6.45, 7) is 2.24. The van der Waals surface area contributed by atoms with E-state index in [0.717, 1.165) is 34.4 Å². The molecule has 0 aromatic heterocycles. The fraction of sp³-hybridized carbons (Fsp3) is 0.462. The predicted octanol–water partition coefficient (Wildman–Crippen LogP) is 2.14. The van der Waals surface area contributed by atoms with Crippen LogP contribution in [0.4, 0.5) is 0 Å². The fourth-order valence-corrected chi connectivity index (χ4v) is 2.89. The molecule has 1 heterocycles. The lowest BCUT2D eigenvalue weighted by atomic mass is 10.1. The highest BCUT2D eigenvalue weighted by atomic mass is 127. The van der Waals surface area contributed by atoms with E-state index in [-0.39, 0.29) is 18.3 Å². The zero-order valence-corrected chi connectivity index (χ0v) is 13.7. The number of amides is 1. The first kappa shape index (κ1) is 16.5. The molecule has 0 aliphatic carbocycles. The number of likely N-dealkylation sites (tertiary alicyclic amines) is 1. The molecule has 4 nitrogen and oxygen atoms in total. The second kappa shape index (κ2) is 7.31. The minimum Gasteiger partial charge on any atom is -0.497 e. The topological polar surface area (TPSA) is 55.6 Å². The number of ether oxygens (including phenoxy) is 1. The summed E-state index contributed by atoms with van der Waals surface area (Å²) in [6.07, 6.45) is 1.01. The largest absolute Gasteiger partial charge is 0.497 e. The summed E-state index contributed by atoms with van der Waals surface area (Å²) in [5, 5.41) is 0. The van der Waals surface area contributed by atoms with E-state index in [4.69, 9.17) is 10.5 Å². The Morgan fingerprint density at radius 3 is 2.84 bits per heavy atom. The molecule has 1 fully saturated rings. The van der Waals surface area contributed by atoms with Gasteiger partial charge in [-0.15, -0.1) is 12.4 Å². The Labute approximate surface area is 133 Å². The van der Waals surface area contributed by atoms with Gasteiger partial charge in [-0.05, 0) is 59.7 Å². The third kappa shape index (κ3) is 3.73. The van der Waals surface area contributed by atoms with Crippen LogP contribution in [0, 0.1) is 9.49 Å². The molecule has 6 heteroatoms. The van der Waals surface area contributed by atoms with Crippen molar-refractivity contribution in [2.75, 3.05) is 26.7 Å². The van der Waals surface area contributed by atoms with Gasteiger partial charge in [0, 0.05) is 16.7 Å². The first-order valence-electron chi connectivity index (χ1n) is 5.98. The van der Waals surface area contributed by atoms with E-state index in [1.165, 1.54) is 0 Å². The van der Waals surface area contributed by atoms with Crippen LogP contribution in [-0.2, 0) is 0 Å². The number of carbonyl (C=O) groups excluding carboxylic acids is 1. The molecule has 1 aromatic carbocycles. The molecule has 0 saturated carbocycles. The van der Waals surface area contributed by atoms with Crippen LogP contribution in [0.1, 0.15) is 16.8 Å². The van der Waals surface area contributed by atoms with Crippen molar-refractivity contribution in [3.8, 4) is 5.75 Å². The van der Waals surface area contributed by atoms with Gasteiger partial charge in [-0.1, -0.05) is 0 Å². The Bertz CT molecular complexity index is 456. The standard InChI is InChI=1S/C13H17IN2O2.ClH/c1-18-10-2-3-11(12(14)6-10)13(17)16-5-4-9(7-15)8-16;/h2-3,6,9H,4-5,7-8,15H2,1H3;1H. The van der Waals surface area contributed by atoms with Crippen LogP contribution in [0.2, 0.25) is 0 Å². The van der Waals surface area contributed by atoms with Crippen LogP contribution in [0.15, 0.2) is 18.2 Å².